The first-order chi connectivity index (χ1) is 18.4. The van der Waals surface area contributed by atoms with Crippen LogP contribution < -0.4 is 5.32 Å². The van der Waals surface area contributed by atoms with Crippen molar-refractivity contribution in [3.8, 4) is 0 Å². The van der Waals surface area contributed by atoms with Gasteiger partial charge in [0.25, 0.3) is 0 Å². The van der Waals surface area contributed by atoms with Gasteiger partial charge in [-0.1, -0.05) is 37.3 Å². The molecule has 38 heavy (non-hydrogen) atoms. The fourth-order valence-electron chi connectivity index (χ4n) is 7.05. The average Bonchev–Trinajstić information content (AvgIpc) is 3.52. The van der Waals surface area contributed by atoms with Gasteiger partial charge in [-0.05, 0) is 31.2 Å². The highest BCUT2D eigenvalue weighted by Gasteiger charge is 2.76. The Hall–Kier alpha value is -2.14. The van der Waals surface area contributed by atoms with Crippen molar-refractivity contribution in [2.45, 2.75) is 48.8 Å². The van der Waals surface area contributed by atoms with Crippen LogP contribution in [0.4, 0.5) is 0 Å². The number of rotatable bonds is 10. The number of carbonyl (C=O) groups is 3. The Bertz CT molecular complexity index is 1020. The maximum atomic E-state index is 14.3. The first kappa shape index (κ1) is 27.4. The highest BCUT2D eigenvalue weighted by atomic mass is 32.2. The van der Waals surface area contributed by atoms with Gasteiger partial charge in [0.15, 0.2) is 0 Å². The predicted molar refractivity (Wildman–Crippen MR) is 143 cm³/mol. The Morgan fingerprint density at radius 3 is 2.68 bits per heavy atom. The van der Waals surface area contributed by atoms with E-state index in [-0.39, 0.29) is 42.2 Å². The Balaban J connectivity index is 1.45. The van der Waals surface area contributed by atoms with Crippen molar-refractivity contribution in [1.82, 2.24) is 15.1 Å². The third-order valence-electron chi connectivity index (χ3n) is 8.74. The third kappa shape index (κ3) is 4.74. The number of aliphatic hydroxyl groups excluding tert-OH is 1. The molecule has 4 aliphatic rings. The number of esters is 1. The molecule has 10 heteroatoms. The van der Waals surface area contributed by atoms with E-state index < -0.39 is 28.7 Å². The quantitative estimate of drug-likeness (QED) is 0.419. The second-order valence-electron chi connectivity index (χ2n) is 10.8. The molecule has 4 aliphatic heterocycles. The van der Waals surface area contributed by atoms with E-state index in [2.05, 4.69) is 17.1 Å². The number of benzene rings is 1. The Labute approximate surface area is 228 Å². The van der Waals surface area contributed by atoms with Gasteiger partial charge in [-0.25, -0.2) is 0 Å². The van der Waals surface area contributed by atoms with Crippen molar-refractivity contribution in [3.05, 3.63) is 35.9 Å². The number of ether oxygens (including phenoxy) is 2. The van der Waals surface area contributed by atoms with Crippen LogP contribution in [0, 0.1) is 17.8 Å². The van der Waals surface area contributed by atoms with Crippen molar-refractivity contribution in [3.63, 3.8) is 0 Å². The minimum absolute atomic E-state index is 0.0505. The van der Waals surface area contributed by atoms with E-state index in [1.807, 2.05) is 30.3 Å². The van der Waals surface area contributed by atoms with Gasteiger partial charge in [0.05, 0.1) is 49.1 Å². The molecular weight excluding hydrogens is 506 g/mol. The van der Waals surface area contributed by atoms with E-state index in [0.717, 1.165) is 25.1 Å². The van der Waals surface area contributed by atoms with E-state index in [0.29, 0.717) is 32.7 Å². The van der Waals surface area contributed by atoms with Crippen LogP contribution >= 0.6 is 11.8 Å². The smallest absolute Gasteiger partial charge is 0.310 e. The molecular formula is C28H39N3O6S. The lowest BCUT2D eigenvalue weighted by molar-refractivity contribution is -0.154. The van der Waals surface area contributed by atoms with Gasteiger partial charge in [-0.3, -0.25) is 19.3 Å². The van der Waals surface area contributed by atoms with Crippen LogP contribution in [0.15, 0.2) is 30.3 Å². The summed E-state index contributed by atoms with van der Waals surface area (Å²) in [6.07, 6.45) is 1.18. The maximum absolute atomic E-state index is 14.3. The molecule has 3 unspecified atom stereocenters. The molecule has 0 aromatic heterocycles. The van der Waals surface area contributed by atoms with Gasteiger partial charge >= 0.3 is 5.97 Å². The highest BCUT2D eigenvalue weighted by Crippen LogP contribution is 2.68. The molecule has 2 N–H and O–H groups in total. The van der Waals surface area contributed by atoms with Crippen LogP contribution in [0.5, 0.6) is 0 Å². The number of fused-ring (bicyclic) bond motifs is 1. The molecule has 5 rings (SSSR count). The number of hydrogen-bond donors (Lipinski definition) is 2. The third-order valence-corrected chi connectivity index (χ3v) is 10.8. The highest BCUT2D eigenvalue weighted by molar-refractivity contribution is 8.02. The average molecular weight is 546 g/mol. The molecule has 4 fully saturated rings. The van der Waals surface area contributed by atoms with Crippen molar-refractivity contribution in [2.75, 3.05) is 52.6 Å². The Morgan fingerprint density at radius 2 is 2.00 bits per heavy atom. The van der Waals surface area contributed by atoms with Crippen molar-refractivity contribution >= 4 is 29.5 Å². The molecule has 208 valence electrons. The van der Waals surface area contributed by atoms with Gasteiger partial charge < -0.3 is 24.8 Å². The number of morpholine rings is 1. The summed E-state index contributed by atoms with van der Waals surface area (Å²) in [5.74, 6) is -1.92. The van der Waals surface area contributed by atoms with E-state index in [9.17, 15) is 19.5 Å². The molecule has 2 bridgehead atoms. The summed E-state index contributed by atoms with van der Waals surface area (Å²) < 4.78 is 10.1. The van der Waals surface area contributed by atoms with Crippen LogP contribution in [0.3, 0.4) is 0 Å². The summed E-state index contributed by atoms with van der Waals surface area (Å²) in [6, 6.07) is 8.36. The van der Waals surface area contributed by atoms with Crippen molar-refractivity contribution < 1.29 is 29.0 Å². The summed E-state index contributed by atoms with van der Waals surface area (Å²) in [5, 5.41) is 13.6. The predicted octanol–water partition coefficient (Wildman–Crippen LogP) is 0.939. The molecule has 1 aromatic carbocycles. The fourth-order valence-corrected chi connectivity index (χ4v) is 9.45. The summed E-state index contributed by atoms with van der Waals surface area (Å²) >= 11 is 1.63. The van der Waals surface area contributed by atoms with Crippen LogP contribution in [-0.4, -0.2) is 107 Å². The van der Waals surface area contributed by atoms with Gasteiger partial charge in [0, 0.05) is 31.4 Å². The first-order valence-electron chi connectivity index (χ1n) is 13.8. The SMILES string of the molecule is CCOC(=O)[C@@H]1[C@@H]2CC(C)C3(S2)C(C(=O)NCCN2CCOCC2)N([C@@H](CO)Cc2ccccc2)C(=O)[C@H]13. The lowest BCUT2D eigenvalue weighted by atomic mass is 9.66. The monoisotopic (exact) mass is 545 g/mol. The van der Waals surface area contributed by atoms with Crippen molar-refractivity contribution in [1.29, 1.82) is 0 Å². The summed E-state index contributed by atoms with van der Waals surface area (Å²) in [5.41, 5.74) is 0.979. The molecule has 0 radical (unpaired) electrons. The van der Waals surface area contributed by atoms with Gasteiger partial charge in [0.1, 0.15) is 6.04 Å². The number of nitrogens with zero attached hydrogens (tertiary/aromatic N) is 2. The van der Waals surface area contributed by atoms with Gasteiger partial charge in [-0.15, -0.1) is 11.8 Å². The zero-order valence-electron chi connectivity index (χ0n) is 22.2. The summed E-state index contributed by atoms with van der Waals surface area (Å²) in [6.45, 7) is 8.04. The van der Waals surface area contributed by atoms with E-state index in [1.165, 1.54) is 0 Å². The van der Waals surface area contributed by atoms with Crippen LogP contribution in [0.25, 0.3) is 0 Å². The summed E-state index contributed by atoms with van der Waals surface area (Å²) in [4.78, 5) is 45.3. The first-order valence-corrected chi connectivity index (χ1v) is 14.7. The minimum Gasteiger partial charge on any atom is -0.466 e. The molecule has 1 aromatic rings. The molecule has 1 spiro atoms. The number of nitrogens with one attached hydrogen (secondary N) is 1. The van der Waals surface area contributed by atoms with Crippen LogP contribution in [0.2, 0.25) is 0 Å². The standard InChI is InChI=1S/C28H39N3O6S/c1-3-37-27(35)22-21-15-18(2)28(38-21)23(22)26(34)31(20(17-32)16-19-7-5-4-6-8-19)24(28)25(33)29-9-10-30-11-13-36-14-12-30/h4-8,18,20-24,32H,3,9-17H2,1-2H3,(H,29,33)/t18?,20-,21+,22-,23+,24?,28?/m1/s1. The van der Waals surface area contributed by atoms with Gasteiger partial charge in [0.2, 0.25) is 11.8 Å². The largest absolute Gasteiger partial charge is 0.466 e. The molecule has 0 saturated carbocycles. The zero-order valence-corrected chi connectivity index (χ0v) is 23.0. The van der Waals surface area contributed by atoms with Crippen LogP contribution in [0.1, 0.15) is 25.8 Å². The van der Waals surface area contributed by atoms with Crippen molar-refractivity contribution in [2.24, 2.45) is 17.8 Å². The lowest BCUT2D eigenvalue weighted by Gasteiger charge is -2.40. The Kier molecular flexibility index (Phi) is 8.33. The van der Waals surface area contributed by atoms with E-state index >= 15 is 0 Å². The molecule has 7 atom stereocenters. The molecule has 4 heterocycles. The van der Waals surface area contributed by atoms with Gasteiger partial charge in [-0.2, -0.15) is 0 Å². The zero-order chi connectivity index (χ0) is 26.9. The topological polar surface area (TPSA) is 108 Å². The number of carbonyl (C=O) groups excluding carboxylic acids is 3. The number of hydrogen-bond acceptors (Lipinski definition) is 8. The summed E-state index contributed by atoms with van der Waals surface area (Å²) in [7, 11) is 0. The lowest BCUT2D eigenvalue weighted by Crippen LogP contribution is -2.59. The maximum Gasteiger partial charge on any atom is 0.310 e. The minimum atomic E-state index is -0.769. The molecule has 2 amide bonds. The number of likely N-dealkylation sites (tertiary alicyclic amines) is 1. The fraction of sp³-hybridized carbons (Fsp3) is 0.679. The second-order valence-corrected chi connectivity index (χ2v) is 12.4. The number of aliphatic hydroxyl groups is 1. The number of thioether (sulfide) groups is 1. The second kappa shape index (κ2) is 11.5. The van der Waals surface area contributed by atoms with Crippen LogP contribution in [-0.2, 0) is 30.3 Å². The van der Waals surface area contributed by atoms with E-state index in [1.54, 1.807) is 23.6 Å². The molecule has 4 saturated heterocycles. The normalized spacial score (nSPS) is 33.3. The number of amides is 2. The van der Waals surface area contributed by atoms with E-state index in [4.69, 9.17) is 9.47 Å². The Morgan fingerprint density at radius 1 is 1.26 bits per heavy atom. The molecule has 9 nitrogen and oxygen atoms in total. The molecule has 0 aliphatic carbocycles.